The molecule has 1 aromatic rings. The first-order valence-electron chi connectivity index (χ1n) is 7.14. The predicted molar refractivity (Wildman–Crippen MR) is 84.2 cm³/mol. The Labute approximate surface area is 130 Å². The van der Waals surface area contributed by atoms with Crippen molar-refractivity contribution in [3.05, 3.63) is 29.8 Å². The fourth-order valence-corrected chi connectivity index (χ4v) is 3.36. The van der Waals surface area contributed by atoms with Crippen LogP contribution in [0.1, 0.15) is 30.1 Å². The van der Waals surface area contributed by atoms with Crippen LogP contribution in [-0.4, -0.2) is 43.8 Å². The van der Waals surface area contributed by atoms with E-state index in [1.165, 1.54) is 17.5 Å². The number of ketones is 1. The topological polar surface area (TPSA) is 83.6 Å². The Morgan fingerprint density at radius 2 is 1.68 bits per heavy atom. The van der Waals surface area contributed by atoms with Crippen molar-refractivity contribution >= 4 is 27.4 Å². The highest BCUT2D eigenvalue weighted by Crippen LogP contribution is 2.21. The zero-order chi connectivity index (χ0) is 16.3. The maximum absolute atomic E-state index is 12.2. The van der Waals surface area contributed by atoms with Crippen molar-refractivity contribution in [3.63, 3.8) is 0 Å². The lowest BCUT2D eigenvalue weighted by molar-refractivity contribution is -0.120. The molecular formula is C15H20N2O4S. The van der Waals surface area contributed by atoms with Gasteiger partial charge in [-0.25, -0.2) is 12.7 Å². The first-order chi connectivity index (χ1) is 10.3. The van der Waals surface area contributed by atoms with E-state index in [0.717, 1.165) is 0 Å². The normalized spacial score (nSPS) is 17.2. The molecule has 0 bridgehead atoms. The van der Waals surface area contributed by atoms with Crippen LogP contribution in [0.25, 0.3) is 0 Å². The van der Waals surface area contributed by atoms with Gasteiger partial charge in [-0.3, -0.25) is 9.59 Å². The van der Waals surface area contributed by atoms with Crippen LogP contribution in [-0.2, 0) is 14.8 Å². The first-order valence-corrected chi connectivity index (χ1v) is 8.99. The Balaban J connectivity index is 1.92. The van der Waals surface area contributed by atoms with Crippen molar-refractivity contribution < 1.29 is 18.0 Å². The van der Waals surface area contributed by atoms with Crippen LogP contribution in [0.4, 0.5) is 5.69 Å². The van der Waals surface area contributed by atoms with Crippen molar-refractivity contribution in [2.45, 2.75) is 19.8 Å². The lowest BCUT2D eigenvalue weighted by atomic mass is 9.97. The second-order valence-corrected chi connectivity index (χ2v) is 7.54. The molecule has 1 heterocycles. The number of anilines is 1. The third-order valence-corrected chi connectivity index (χ3v) is 5.16. The summed E-state index contributed by atoms with van der Waals surface area (Å²) >= 11 is 0. The van der Waals surface area contributed by atoms with Gasteiger partial charge in [0.1, 0.15) is 0 Å². The second-order valence-electron chi connectivity index (χ2n) is 5.56. The van der Waals surface area contributed by atoms with Crippen LogP contribution >= 0.6 is 0 Å². The van der Waals surface area contributed by atoms with Crippen molar-refractivity contribution in [1.29, 1.82) is 0 Å². The highest BCUT2D eigenvalue weighted by molar-refractivity contribution is 7.88. The van der Waals surface area contributed by atoms with E-state index in [9.17, 15) is 18.0 Å². The molecule has 1 aromatic carbocycles. The number of benzene rings is 1. The fraction of sp³-hybridized carbons (Fsp3) is 0.467. The minimum absolute atomic E-state index is 0.0222. The van der Waals surface area contributed by atoms with Gasteiger partial charge in [0.05, 0.1) is 6.26 Å². The molecule has 0 aromatic heterocycles. The SMILES string of the molecule is CC(=O)c1ccc(NC(=O)C2CCN(S(C)(=O)=O)CC2)cc1. The Bertz CT molecular complexity index is 659. The number of piperidine rings is 1. The van der Waals surface area contributed by atoms with Gasteiger partial charge in [-0.1, -0.05) is 0 Å². The quantitative estimate of drug-likeness (QED) is 0.851. The van der Waals surface area contributed by atoms with Crippen molar-refractivity contribution in [1.82, 2.24) is 4.31 Å². The molecule has 0 atom stereocenters. The number of carbonyl (C=O) groups excluding carboxylic acids is 2. The van der Waals surface area contributed by atoms with Crippen molar-refractivity contribution in [2.75, 3.05) is 24.7 Å². The van der Waals surface area contributed by atoms with Gasteiger partial charge in [0, 0.05) is 30.3 Å². The van der Waals surface area contributed by atoms with Crippen LogP contribution in [0, 0.1) is 5.92 Å². The van der Waals surface area contributed by atoms with E-state index < -0.39 is 10.0 Å². The molecule has 0 spiro atoms. The van der Waals surface area contributed by atoms with E-state index in [2.05, 4.69) is 5.32 Å². The Kier molecular flexibility index (Phi) is 4.97. The molecule has 2 rings (SSSR count). The van der Waals surface area contributed by atoms with Crippen LogP contribution in [0.3, 0.4) is 0 Å². The third kappa shape index (κ3) is 4.14. The van der Waals surface area contributed by atoms with Crippen LogP contribution in [0.15, 0.2) is 24.3 Å². The van der Waals surface area contributed by atoms with Gasteiger partial charge in [0.25, 0.3) is 0 Å². The standard InChI is InChI=1S/C15H20N2O4S/c1-11(18)12-3-5-14(6-4-12)16-15(19)13-7-9-17(10-8-13)22(2,20)21/h3-6,13H,7-10H2,1-2H3,(H,16,19). The van der Waals surface area contributed by atoms with Crippen LogP contribution < -0.4 is 5.32 Å². The molecule has 1 fully saturated rings. The molecule has 22 heavy (non-hydrogen) atoms. The average Bonchev–Trinajstić information content (AvgIpc) is 2.47. The number of hydrogen-bond donors (Lipinski definition) is 1. The highest BCUT2D eigenvalue weighted by Gasteiger charge is 2.28. The fourth-order valence-electron chi connectivity index (χ4n) is 2.48. The van der Waals surface area contributed by atoms with E-state index in [4.69, 9.17) is 0 Å². The van der Waals surface area contributed by atoms with Gasteiger partial charge in [0.2, 0.25) is 15.9 Å². The summed E-state index contributed by atoms with van der Waals surface area (Å²) < 4.78 is 24.3. The number of carbonyl (C=O) groups is 2. The minimum atomic E-state index is -3.18. The number of sulfonamides is 1. The molecule has 0 unspecified atom stereocenters. The number of nitrogens with zero attached hydrogens (tertiary/aromatic N) is 1. The lowest BCUT2D eigenvalue weighted by Crippen LogP contribution is -2.40. The number of Topliss-reactive ketones (excluding diaryl/α,β-unsaturated/α-hetero) is 1. The zero-order valence-electron chi connectivity index (χ0n) is 12.7. The summed E-state index contributed by atoms with van der Waals surface area (Å²) in [5, 5.41) is 2.81. The van der Waals surface area contributed by atoms with Crippen molar-refractivity contribution in [3.8, 4) is 0 Å². The van der Waals surface area contributed by atoms with Gasteiger partial charge in [-0.2, -0.15) is 0 Å². The Morgan fingerprint density at radius 3 is 2.14 bits per heavy atom. The zero-order valence-corrected chi connectivity index (χ0v) is 13.5. The van der Waals surface area contributed by atoms with E-state index in [1.807, 2.05) is 0 Å². The summed E-state index contributed by atoms with van der Waals surface area (Å²) in [5.41, 5.74) is 1.24. The monoisotopic (exact) mass is 324 g/mol. The Morgan fingerprint density at radius 1 is 1.14 bits per heavy atom. The molecule has 120 valence electrons. The molecule has 1 aliphatic rings. The van der Waals surface area contributed by atoms with Gasteiger partial charge >= 0.3 is 0 Å². The number of nitrogens with one attached hydrogen (secondary N) is 1. The van der Waals surface area contributed by atoms with E-state index in [-0.39, 0.29) is 17.6 Å². The molecular weight excluding hydrogens is 304 g/mol. The van der Waals surface area contributed by atoms with Gasteiger partial charge in [0.15, 0.2) is 5.78 Å². The summed E-state index contributed by atoms with van der Waals surface area (Å²) in [6.45, 7) is 2.24. The smallest absolute Gasteiger partial charge is 0.227 e. The molecule has 0 radical (unpaired) electrons. The summed E-state index contributed by atoms with van der Waals surface area (Å²) in [7, 11) is -3.18. The summed E-state index contributed by atoms with van der Waals surface area (Å²) in [4.78, 5) is 23.4. The first kappa shape index (κ1) is 16.6. The second kappa shape index (κ2) is 6.58. The molecule has 1 saturated heterocycles. The largest absolute Gasteiger partial charge is 0.326 e. The number of rotatable bonds is 4. The molecule has 6 nitrogen and oxygen atoms in total. The van der Waals surface area contributed by atoms with Gasteiger partial charge in [-0.15, -0.1) is 0 Å². The van der Waals surface area contributed by atoms with Gasteiger partial charge in [-0.05, 0) is 44.0 Å². The maximum Gasteiger partial charge on any atom is 0.227 e. The molecule has 7 heteroatoms. The van der Waals surface area contributed by atoms with Gasteiger partial charge < -0.3 is 5.32 Å². The van der Waals surface area contributed by atoms with Crippen LogP contribution in [0.5, 0.6) is 0 Å². The average molecular weight is 324 g/mol. The molecule has 1 amide bonds. The van der Waals surface area contributed by atoms with E-state index >= 15 is 0 Å². The summed E-state index contributed by atoms with van der Waals surface area (Å²) in [6, 6.07) is 6.73. The lowest BCUT2D eigenvalue weighted by Gasteiger charge is -2.29. The summed E-state index contributed by atoms with van der Waals surface area (Å²) in [5.74, 6) is -0.319. The van der Waals surface area contributed by atoms with E-state index in [0.29, 0.717) is 37.2 Å². The Hall–Kier alpha value is -1.73. The minimum Gasteiger partial charge on any atom is -0.326 e. The summed E-state index contributed by atoms with van der Waals surface area (Å²) in [6.07, 6.45) is 2.22. The predicted octanol–water partition coefficient (Wildman–Crippen LogP) is 1.50. The third-order valence-electron chi connectivity index (χ3n) is 3.85. The number of amides is 1. The van der Waals surface area contributed by atoms with Crippen molar-refractivity contribution in [2.24, 2.45) is 5.92 Å². The molecule has 0 saturated carbocycles. The molecule has 1 aliphatic heterocycles. The molecule has 1 N–H and O–H groups in total. The van der Waals surface area contributed by atoms with E-state index in [1.54, 1.807) is 24.3 Å². The maximum atomic E-state index is 12.2. The molecule has 0 aliphatic carbocycles. The number of hydrogen-bond acceptors (Lipinski definition) is 4. The highest BCUT2D eigenvalue weighted by atomic mass is 32.2. The van der Waals surface area contributed by atoms with Crippen LogP contribution in [0.2, 0.25) is 0 Å².